The number of allylic oxidation sites excluding steroid dienone is 4. The van der Waals surface area contributed by atoms with Gasteiger partial charge in [-0.15, -0.1) is 0 Å². The molecule has 3 heteroatoms. The number of carbonyl (C=O) groups excluding carboxylic acids is 1. The number of aliphatic hydroxyl groups is 1. The molecular weight excluding hydrogens is 274 g/mol. The molecule has 1 unspecified atom stereocenters. The zero-order valence-electron chi connectivity index (χ0n) is 14.0. The number of Topliss-reactive ketones (excluding diaryl/α,β-unsaturated/α-hetero) is 1. The third-order valence-corrected chi connectivity index (χ3v) is 3.28. The molecule has 0 spiro atoms. The highest BCUT2D eigenvalue weighted by molar-refractivity contribution is 6.01. The van der Waals surface area contributed by atoms with Crippen LogP contribution in [0.5, 0.6) is 0 Å². The van der Waals surface area contributed by atoms with Gasteiger partial charge in [0.05, 0.1) is 0 Å². The van der Waals surface area contributed by atoms with E-state index in [4.69, 9.17) is 0 Å². The molecule has 1 N–H and O–H groups in total. The SMILES string of the molecule is CC.Cc1ccc(C(=O)C(O)C2=CC=CC(C)(C)C=C2)cn1. The Balaban J connectivity index is 0.00000116. The Morgan fingerprint density at radius 2 is 1.91 bits per heavy atom. The molecule has 1 aromatic rings. The van der Waals surface area contributed by atoms with Gasteiger partial charge in [-0.3, -0.25) is 9.78 Å². The van der Waals surface area contributed by atoms with Crippen LogP contribution in [0.4, 0.5) is 0 Å². The third-order valence-electron chi connectivity index (χ3n) is 3.28. The summed E-state index contributed by atoms with van der Waals surface area (Å²) in [5.41, 5.74) is 1.78. The summed E-state index contributed by atoms with van der Waals surface area (Å²) in [6.45, 7) is 9.98. The van der Waals surface area contributed by atoms with Crippen molar-refractivity contribution in [3.05, 3.63) is 65.5 Å². The van der Waals surface area contributed by atoms with Crippen LogP contribution < -0.4 is 0 Å². The van der Waals surface area contributed by atoms with Gasteiger partial charge in [-0.1, -0.05) is 58.1 Å². The summed E-state index contributed by atoms with van der Waals surface area (Å²) in [4.78, 5) is 16.3. The molecule has 0 bridgehead atoms. The second-order valence-corrected chi connectivity index (χ2v) is 5.64. The maximum atomic E-state index is 12.2. The van der Waals surface area contributed by atoms with E-state index >= 15 is 0 Å². The fraction of sp³-hybridized carbons (Fsp3) is 0.368. The van der Waals surface area contributed by atoms with Gasteiger partial charge in [0.1, 0.15) is 6.10 Å². The van der Waals surface area contributed by atoms with E-state index in [0.29, 0.717) is 11.1 Å². The highest BCUT2D eigenvalue weighted by Gasteiger charge is 2.21. The predicted molar refractivity (Wildman–Crippen MR) is 90.8 cm³/mol. The van der Waals surface area contributed by atoms with Gasteiger partial charge in [-0.2, -0.15) is 0 Å². The van der Waals surface area contributed by atoms with Crippen LogP contribution in [0.15, 0.2) is 54.3 Å². The lowest BCUT2D eigenvalue weighted by Gasteiger charge is -2.13. The molecule has 0 saturated heterocycles. The molecule has 0 fully saturated rings. The van der Waals surface area contributed by atoms with Crippen molar-refractivity contribution in [3.63, 3.8) is 0 Å². The molecule has 1 atom stereocenters. The second-order valence-electron chi connectivity index (χ2n) is 5.64. The lowest BCUT2D eigenvalue weighted by Crippen LogP contribution is -2.22. The normalized spacial score (nSPS) is 16.9. The van der Waals surface area contributed by atoms with E-state index in [1.807, 2.05) is 45.1 Å². The largest absolute Gasteiger partial charge is 0.380 e. The van der Waals surface area contributed by atoms with Crippen molar-refractivity contribution in [1.29, 1.82) is 0 Å². The molecule has 1 aliphatic rings. The Labute approximate surface area is 133 Å². The van der Waals surface area contributed by atoms with Crippen molar-refractivity contribution in [2.75, 3.05) is 0 Å². The Morgan fingerprint density at radius 3 is 2.50 bits per heavy atom. The molecule has 0 aliphatic heterocycles. The Morgan fingerprint density at radius 1 is 1.23 bits per heavy atom. The van der Waals surface area contributed by atoms with Crippen molar-refractivity contribution in [2.24, 2.45) is 5.41 Å². The summed E-state index contributed by atoms with van der Waals surface area (Å²) in [5, 5.41) is 10.2. The van der Waals surface area contributed by atoms with Crippen LogP contribution in [0, 0.1) is 12.3 Å². The van der Waals surface area contributed by atoms with Crippen LogP contribution in [-0.4, -0.2) is 22.0 Å². The summed E-state index contributed by atoms with van der Waals surface area (Å²) in [7, 11) is 0. The van der Waals surface area contributed by atoms with E-state index < -0.39 is 6.10 Å². The van der Waals surface area contributed by atoms with E-state index in [9.17, 15) is 9.90 Å². The highest BCUT2D eigenvalue weighted by atomic mass is 16.3. The van der Waals surface area contributed by atoms with E-state index in [0.717, 1.165) is 5.69 Å². The molecular formula is C19H25NO2. The lowest BCUT2D eigenvalue weighted by molar-refractivity contribution is 0.0809. The number of aliphatic hydroxyl groups excluding tert-OH is 1. The van der Waals surface area contributed by atoms with Crippen LogP contribution in [0.2, 0.25) is 0 Å². The first-order valence-electron chi connectivity index (χ1n) is 7.63. The number of aryl methyl sites for hydroxylation is 1. The molecule has 0 amide bonds. The molecule has 1 aliphatic carbocycles. The van der Waals surface area contributed by atoms with Gasteiger partial charge in [0.25, 0.3) is 0 Å². The van der Waals surface area contributed by atoms with Crippen LogP contribution in [0.25, 0.3) is 0 Å². The molecule has 2 rings (SSSR count). The second kappa shape index (κ2) is 7.85. The van der Waals surface area contributed by atoms with Gasteiger partial charge in [0, 0.05) is 22.9 Å². The maximum absolute atomic E-state index is 12.2. The smallest absolute Gasteiger partial charge is 0.197 e. The van der Waals surface area contributed by atoms with Crippen LogP contribution in [0.3, 0.4) is 0 Å². The zero-order valence-corrected chi connectivity index (χ0v) is 14.0. The zero-order chi connectivity index (χ0) is 16.8. The number of hydrogen-bond donors (Lipinski definition) is 1. The minimum Gasteiger partial charge on any atom is -0.380 e. The molecule has 22 heavy (non-hydrogen) atoms. The van der Waals surface area contributed by atoms with E-state index in [1.54, 1.807) is 18.2 Å². The average molecular weight is 299 g/mol. The number of pyridine rings is 1. The summed E-state index contributed by atoms with van der Waals surface area (Å²) >= 11 is 0. The number of hydrogen-bond acceptors (Lipinski definition) is 3. The number of rotatable bonds is 3. The van der Waals surface area contributed by atoms with Gasteiger partial charge in [-0.25, -0.2) is 0 Å². The van der Waals surface area contributed by atoms with Crippen LogP contribution in [0.1, 0.15) is 43.7 Å². The Hall–Kier alpha value is -2.00. The summed E-state index contributed by atoms with van der Waals surface area (Å²) in [6, 6.07) is 3.45. The third kappa shape index (κ3) is 4.78. The van der Waals surface area contributed by atoms with Crippen molar-refractivity contribution < 1.29 is 9.90 Å². The molecule has 0 radical (unpaired) electrons. The van der Waals surface area contributed by atoms with E-state index in [1.165, 1.54) is 6.20 Å². The number of nitrogens with zero attached hydrogens (tertiary/aromatic N) is 1. The Kier molecular flexibility index (Phi) is 6.44. The van der Waals surface area contributed by atoms with E-state index in [2.05, 4.69) is 18.8 Å². The first-order valence-corrected chi connectivity index (χ1v) is 7.63. The summed E-state index contributed by atoms with van der Waals surface area (Å²) in [6.07, 6.45) is 9.81. The van der Waals surface area contributed by atoms with Gasteiger partial charge in [-0.05, 0) is 24.6 Å². The molecule has 0 saturated carbocycles. The van der Waals surface area contributed by atoms with Gasteiger partial charge in [0.15, 0.2) is 5.78 Å². The first-order chi connectivity index (χ1) is 10.4. The van der Waals surface area contributed by atoms with Crippen molar-refractivity contribution in [3.8, 4) is 0 Å². The molecule has 1 heterocycles. The van der Waals surface area contributed by atoms with Crippen molar-refractivity contribution >= 4 is 5.78 Å². The molecule has 0 aromatic carbocycles. The lowest BCUT2D eigenvalue weighted by atomic mass is 9.92. The van der Waals surface area contributed by atoms with Gasteiger partial charge < -0.3 is 5.11 Å². The monoisotopic (exact) mass is 299 g/mol. The topological polar surface area (TPSA) is 50.2 Å². The fourth-order valence-corrected chi connectivity index (χ4v) is 1.93. The van der Waals surface area contributed by atoms with Crippen molar-refractivity contribution in [1.82, 2.24) is 4.98 Å². The molecule has 1 aromatic heterocycles. The number of ketones is 1. The summed E-state index contributed by atoms with van der Waals surface area (Å²) < 4.78 is 0. The fourth-order valence-electron chi connectivity index (χ4n) is 1.93. The highest BCUT2D eigenvalue weighted by Crippen LogP contribution is 2.24. The van der Waals surface area contributed by atoms with Crippen LogP contribution in [-0.2, 0) is 0 Å². The quantitative estimate of drug-likeness (QED) is 0.857. The summed E-state index contributed by atoms with van der Waals surface area (Å²) in [5.74, 6) is -0.332. The van der Waals surface area contributed by atoms with Crippen LogP contribution >= 0.6 is 0 Å². The minimum absolute atomic E-state index is 0.0770. The molecule has 118 valence electrons. The standard InChI is InChI=1S/C17H19NO2.C2H6/c1-12-6-7-14(11-18-12)16(20)15(19)13-5-4-9-17(2,3)10-8-13;1-2/h4-11,15,19H,1-3H3;1-2H3. The number of carbonyl (C=O) groups is 1. The van der Waals surface area contributed by atoms with E-state index in [-0.39, 0.29) is 11.2 Å². The Bertz CT molecular complexity index is 592. The van der Waals surface area contributed by atoms with Gasteiger partial charge in [0.2, 0.25) is 0 Å². The predicted octanol–water partition coefficient (Wildman–Crippen LogP) is 4.04. The molecule has 3 nitrogen and oxygen atoms in total. The maximum Gasteiger partial charge on any atom is 0.197 e. The minimum atomic E-state index is -1.16. The first kappa shape index (κ1) is 18.1. The van der Waals surface area contributed by atoms with Gasteiger partial charge >= 0.3 is 0 Å². The average Bonchev–Trinajstić information content (AvgIpc) is 2.69. The van der Waals surface area contributed by atoms with Crippen molar-refractivity contribution in [2.45, 2.75) is 40.7 Å². The number of aromatic nitrogens is 1.